The summed E-state index contributed by atoms with van der Waals surface area (Å²) in [7, 11) is 0. The number of benzene rings is 2. The van der Waals surface area contributed by atoms with Gasteiger partial charge in [0, 0.05) is 0 Å². The van der Waals surface area contributed by atoms with E-state index in [0.29, 0.717) is 5.56 Å². The number of ether oxygens (including phenoxy) is 1. The largest absolute Gasteiger partial charge is 0.486 e. The van der Waals surface area contributed by atoms with Gasteiger partial charge in [0.1, 0.15) is 18.2 Å². The number of aliphatic hydroxyl groups excluding tert-OH is 1. The highest BCUT2D eigenvalue weighted by Crippen LogP contribution is 2.23. The molecule has 0 amide bonds. The summed E-state index contributed by atoms with van der Waals surface area (Å²) in [6, 6.07) is 7.38. The van der Waals surface area contributed by atoms with E-state index in [0.717, 1.165) is 18.2 Å². The Hall–Kier alpha value is -2.01. The van der Waals surface area contributed by atoms with E-state index in [4.69, 9.17) is 4.74 Å². The van der Waals surface area contributed by atoms with Crippen LogP contribution in [0.15, 0.2) is 36.4 Å². The monoisotopic (exact) mass is 282 g/mol. The first-order valence-electron chi connectivity index (χ1n) is 6.02. The fourth-order valence-corrected chi connectivity index (χ4v) is 1.71. The van der Waals surface area contributed by atoms with E-state index in [1.54, 1.807) is 0 Å². The van der Waals surface area contributed by atoms with Crippen LogP contribution in [0.3, 0.4) is 0 Å². The van der Waals surface area contributed by atoms with Crippen LogP contribution in [0.5, 0.6) is 5.75 Å². The number of hydrogen-bond donors (Lipinski definition) is 1. The molecule has 0 saturated heterocycles. The predicted octanol–water partition coefficient (Wildman–Crippen LogP) is 3.74. The van der Waals surface area contributed by atoms with Gasteiger partial charge >= 0.3 is 0 Å². The zero-order valence-electron chi connectivity index (χ0n) is 10.7. The molecule has 0 saturated carbocycles. The predicted molar refractivity (Wildman–Crippen MR) is 67.7 cm³/mol. The lowest BCUT2D eigenvalue weighted by molar-refractivity contribution is 0.198. The van der Waals surface area contributed by atoms with Crippen molar-refractivity contribution in [2.75, 3.05) is 0 Å². The summed E-state index contributed by atoms with van der Waals surface area (Å²) in [6.45, 7) is 1.09. The molecule has 1 atom stereocenters. The second-order valence-electron chi connectivity index (χ2n) is 4.35. The first kappa shape index (κ1) is 14.4. The van der Waals surface area contributed by atoms with Crippen molar-refractivity contribution in [2.24, 2.45) is 0 Å². The lowest BCUT2D eigenvalue weighted by Gasteiger charge is -2.11. The van der Waals surface area contributed by atoms with Gasteiger partial charge in [0.15, 0.2) is 11.6 Å². The molecule has 0 bridgehead atoms. The van der Waals surface area contributed by atoms with Crippen LogP contribution in [0, 0.1) is 17.5 Å². The maximum absolute atomic E-state index is 13.7. The second-order valence-corrected chi connectivity index (χ2v) is 4.35. The number of aliphatic hydroxyl groups is 1. The Labute approximate surface area is 114 Å². The molecule has 1 unspecified atom stereocenters. The molecule has 0 fully saturated rings. The third-order valence-corrected chi connectivity index (χ3v) is 2.87. The zero-order chi connectivity index (χ0) is 14.7. The first-order chi connectivity index (χ1) is 9.49. The summed E-state index contributed by atoms with van der Waals surface area (Å²) in [5.74, 6) is -2.31. The van der Waals surface area contributed by atoms with Gasteiger partial charge in [0.05, 0.1) is 11.7 Å². The third-order valence-electron chi connectivity index (χ3n) is 2.87. The van der Waals surface area contributed by atoms with Gasteiger partial charge in [-0.25, -0.2) is 13.2 Å². The van der Waals surface area contributed by atoms with Crippen molar-refractivity contribution in [3.8, 4) is 5.75 Å². The molecule has 2 nitrogen and oxygen atoms in total. The highest BCUT2D eigenvalue weighted by molar-refractivity contribution is 5.31. The SMILES string of the molecule is CC(O)c1ccc(OCc2c(F)cccc2F)c(F)c1. The summed E-state index contributed by atoms with van der Waals surface area (Å²) >= 11 is 0. The average molecular weight is 282 g/mol. The van der Waals surface area contributed by atoms with Crippen LogP contribution in [0.4, 0.5) is 13.2 Å². The van der Waals surface area contributed by atoms with Gasteiger partial charge < -0.3 is 9.84 Å². The molecular formula is C15H13F3O2. The smallest absolute Gasteiger partial charge is 0.165 e. The summed E-state index contributed by atoms with van der Waals surface area (Å²) in [6.07, 6.45) is -0.803. The Balaban J connectivity index is 2.15. The summed E-state index contributed by atoms with van der Waals surface area (Å²) in [5.41, 5.74) is 0.137. The first-order valence-corrected chi connectivity index (χ1v) is 6.02. The summed E-state index contributed by atoms with van der Waals surface area (Å²) in [4.78, 5) is 0. The van der Waals surface area contributed by atoms with Gasteiger partial charge in [-0.2, -0.15) is 0 Å². The molecule has 20 heavy (non-hydrogen) atoms. The third kappa shape index (κ3) is 3.11. The van der Waals surface area contributed by atoms with Crippen molar-refractivity contribution in [2.45, 2.75) is 19.6 Å². The zero-order valence-corrected chi connectivity index (χ0v) is 10.7. The minimum Gasteiger partial charge on any atom is -0.486 e. The summed E-state index contributed by atoms with van der Waals surface area (Å²) in [5, 5.41) is 9.31. The van der Waals surface area contributed by atoms with Gasteiger partial charge in [0.2, 0.25) is 0 Å². The van der Waals surface area contributed by atoms with Gasteiger partial charge in [-0.15, -0.1) is 0 Å². The average Bonchev–Trinajstić information content (AvgIpc) is 2.39. The number of rotatable bonds is 4. The molecule has 106 valence electrons. The molecule has 0 spiro atoms. The Bertz CT molecular complexity index is 592. The Kier molecular flexibility index (Phi) is 4.29. The molecule has 0 aliphatic carbocycles. The van der Waals surface area contributed by atoms with Crippen molar-refractivity contribution in [1.82, 2.24) is 0 Å². The summed E-state index contributed by atoms with van der Waals surface area (Å²) < 4.78 is 45.5. The Morgan fingerprint density at radius 2 is 1.70 bits per heavy atom. The highest BCUT2D eigenvalue weighted by atomic mass is 19.1. The van der Waals surface area contributed by atoms with E-state index < -0.39 is 30.2 Å². The fraction of sp³-hybridized carbons (Fsp3) is 0.200. The molecular weight excluding hydrogens is 269 g/mol. The molecule has 0 aromatic heterocycles. The van der Waals surface area contributed by atoms with Crippen LogP contribution in [-0.4, -0.2) is 5.11 Å². The lowest BCUT2D eigenvalue weighted by atomic mass is 10.1. The molecule has 5 heteroatoms. The van der Waals surface area contributed by atoms with E-state index >= 15 is 0 Å². The molecule has 2 aromatic rings. The second kappa shape index (κ2) is 5.96. The van der Waals surface area contributed by atoms with Crippen LogP contribution in [0.2, 0.25) is 0 Å². The van der Waals surface area contributed by atoms with Crippen LogP contribution in [-0.2, 0) is 6.61 Å². The molecule has 0 radical (unpaired) electrons. The minimum atomic E-state index is -0.803. The maximum atomic E-state index is 13.7. The van der Waals surface area contributed by atoms with E-state index in [2.05, 4.69) is 0 Å². The normalized spacial score (nSPS) is 12.2. The van der Waals surface area contributed by atoms with Crippen LogP contribution >= 0.6 is 0 Å². The van der Waals surface area contributed by atoms with E-state index in [9.17, 15) is 18.3 Å². The van der Waals surface area contributed by atoms with Gasteiger partial charge in [-0.3, -0.25) is 0 Å². The number of halogens is 3. The van der Waals surface area contributed by atoms with Crippen molar-refractivity contribution < 1.29 is 23.0 Å². The van der Waals surface area contributed by atoms with Crippen molar-refractivity contribution in [3.63, 3.8) is 0 Å². The fourth-order valence-electron chi connectivity index (χ4n) is 1.71. The molecule has 1 N–H and O–H groups in total. The van der Waals surface area contributed by atoms with Gasteiger partial charge in [-0.1, -0.05) is 12.1 Å². The topological polar surface area (TPSA) is 29.5 Å². The van der Waals surface area contributed by atoms with Gasteiger partial charge in [-0.05, 0) is 36.8 Å². The van der Waals surface area contributed by atoms with Gasteiger partial charge in [0.25, 0.3) is 0 Å². The quantitative estimate of drug-likeness (QED) is 0.925. The molecule has 0 aliphatic heterocycles. The molecule has 2 aromatic carbocycles. The minimum absolute atomic E-state index is 0.128. The van der Waals surface area contributed by atoms with E-state index in [1.807, 2.05) is 0 Å². The Morgan fingerprint density at radius 1 is 1.05 bits per heavy atom. The van der Waals surface area contributed by atoms with Crippen LogP contribution < -0.4 is 4.74 Å². The molecule has 0 heterocycles. The van der Waals surface area contributed by atoms with Crippen LogP contribution in [0.25, 0.3) is 0 Å². The highest BCUT2D eigenvalue weighted by Gasteiger charge is 2.12. The van der Waals surface area contributed by atoms with Crippen molar-refractivity contribution in [3.05, 3.63) is 65.0 Å². The lowest BCUT2D eigenvalue weighted by Crippen LogP contribution is -2.03. The number of hydrogen-bond acceptors (Lipinski definition) is 2. The van der Waals surface area contributed by atoms with Crippen molar-refractivity contribution in [1.29, 1.82) is 0 Å². The van der Waals surface area contributed by atoms with E-state index in [-0.39, 0.29) is 11.3 Å². The van der Waals surface area contributed by atoms with E-state index in [1.165, 1.54) is 25.1 Å². The van der Waals surface area contributed by atoms with Crippen LogP contribution in [0.1, 0.15) is 24.2 Å². The standard InChI is InChI=1S/C15H13F3O2/c1-9(19)10-5-6-15(14(18)7-10)20-8-11-12(16)3-2-4-13(11)17/h2-7,9,19H,8H2,1H3. The molecule has 0 aliphatic rings. The van der Waals surface area contributed by atoms with Crippen molar-refractivity contribution >= 4 is 0 Å². The molecule has 2 rings (SSSR count). The Morgan fingerprint density at radius 3 is 2.25 bits per heavy atom. The maximum Gasteiger partial charge on any atom is 0.165 e.